The highest BCUT2D eigenvalue weighted by atomic mass is 32.2. The van der Waals surface area contributed by atoms with Crippen molar-refractivity contribution in [3.05, 3.63) is 101 Å². The fraction of sp³-hybridized carbons (Fsp3) is 0.0800. The van der Waals surface area contributed by atoms with E-state index in [1.807, 2.05) is 0 Å². The van der Waals surface area contributed by atoms with Crippen LogP contribution in [0.4, 0.5) is 0 Å². The van der Waals surface area contributed by atoms with E-state index in [0.717, 1.165) is 5.56 Å². The van der Waals surface area contributed by atoms with E-state index >= 15 is 0 Å². The van der Waals surface area contributed by atoms with E-state index in [4.69, 9.17) is 10.2 Å². The Kier molecular flexibility index (Phi) is 6.50. The zero-order chi connectivity index (χ0) is 25.2. The minimum Gasteiger partial charge on any atom is -0.507 e. The smallest absolute Gasteiger partial charge is 0.335 e. The number of hydrogen-bond acceptors (Lipinski definition) is 6. The molecule has 0 radical (unpaired) electrons. The number of nitrogens with two attached hydrogens (primary N) is 1. The maximum atomic E-state index is 12.7. The fourth-order valence-electron chi connectivity index (χ4n) is 3.56. The molecule has 35 heavy (non-hydrogen) atoms. The summed E-state index contributed by atoms with van der Waals surface area (Å²) in [5.74, 6) is -1.40. The summed E-state index contributed by atoms with van der Waals surface area (Å²) in [5.41, 5.74) is 3.03. The Bertz CT molecular complexity index is 1530. The van der Waals surface area contributed by atoms with Crippen LogP contribution in [0, 0.1) is 0 Å². The maximum absolute atomic E-state index is 12.7. The molecular formula is C25H21N3O6S. The number of carbonyl (C=O) groups is 2. The zero-order valence-electron chi connectivity index (χ0n) is 18.3. The molecule has 0 fully saturated rings. The Morgan fingerprint density at radius 3 is 2.17 bits per heavy atom. The number of aromatic nitrogens is 1. The summed E-state index contributed by atoms with van der Waals surface area (Å²) in [6.45, 7) is 0.165. The number of benzene rings is 3. The predicted octanol–water partition coefficient (Wildman–Crippen LogP) is 2.81. The van der Waals surface area contributed by atoms with Gasteiger partial charge in [0.1, 0.15) is 5.75 Å². The van der Waals surface area contributed by atoms with E-state index < -0.39 is 16.0 Å². The lowest BCUT2D eigenvalue weighted by Gasteiger charge is -2.10. The lowest BCUT2D eigenvalue weighted by molar-refractivity contribution is 0.0696. The first kappa shape index (κ1) is 23.9. The van der Waals surface area contributed by atoms with Gasteiger partial charge in [-0.25, -0.2) is 18.4 Å². The van der Waals surface area contributed by atoms with Crippen LogP contribution in [0.5, 0.6) is 5.75 Å². The van der Waals surface area contributed by atoms with E-state index in [1.165, 1.54) is 24.3 Å². The molecule has 0 aliphatic heterocycles. The van der Waals surface area contributed by atoms with Crippen molar-refractivity contribution in [1.82, 2.24) is 10.3 Å². The van der Waals surface area contributed by atoms with Crippen LogP contribution in [0.2, 0.25) is 0 Å². The molecule has 178 valence electrons. The Hall–Kier alpha value is -4.28. The normalized spacial score (nSPS) is 11.3. The fourth-order valence-corrected chi connectivity index (χ4v) is 4.07. The third-order valence-electron chi connectivity index (χ3n) is 5.48. The minimum atomic E-state index is -3.79. The topological polar surface area (TPSA) is 160 Å². The molecule has 10 heteroatoms. The molecular weight excluding hydrogens is 470 g/mol. The van der Waals surface area contributed by atoms with Gasteiger partial charge in [-0.2, -0.15) is 0 Å². The molecule has 4 aromatic rings. The summed E-state index contributed by atoms with van der Waals surface area (Å²) in [7, 11) is -3.79. The highest BCUT2D eigenvalue weighted by Crippen LogP contribution is 2.29. The van der Waals surface area contributed by atoms with Crippen molar-refractivity contribution in [2.45, 2.75) is 17.9 Å². The van der Waals surface area contributed by atoms with Crippen LogP contribution < -0.4 is 10.5 Å². The van der Waals surface area contributed by atoms with Gasteiger partial charge < -0.3 is 15.5 Å². The lowest BCUT2D eigenvalue weighted by Crippen LogP contribution is -2.22. The number of aromatic hydroxyl groups is 1. The second-order valence-corrected chi connectivity index (χ2v) is 9.48. The van der Waals surface area contributed by atoms with Gasteiger partial charge in [0.15, 0.2) is 0 Å². The second-order valence-electron chi connectivity index (χ2n) is 7.91. The largest absolute Gasteiger partial charge is 0.507 e. The number of sulfonamides is 1. The van der Waals surface area contributed by atoms with Crippen molar-refractivity contribution >= 4 is 32.8 Å². The van der Waals surface area contributed by atoms with Crippen LogP contribution in [0.1, 0.15) is 37.4 Å². The number of carboxylic acid groups (broad SMARTS) is 1. The van der Waals surface area contributed by atoms with Gasteiger partial charge in [0, 0.05) is 35.7 Å². The Morgan fingerprint density at radius 1 is 0.914 bits per heavy atom. The quantitative estimate of drug-likeness (QED) is 0.309. The summed E-state index contributed by atoms with van der Waals surface area (Å²) in [6.07, 6.45) is 1.88. The molecule has 0 aliphatic rings. The zero-order valence-corrected chi connectivity index (χ0v) is 19.1. The summed E-state index contributed by atoms with van der Waals surface area (Å²) >= 11 is 0. The van der Waals surface area contributed by atoms with Crippen LogP contribution in [0.3, 0.4) is 0 Å². The number of carboxylic acids is 1. The summed E-state index contributed by atoms with van der Waals surface area (Å²) in [6, 6.07) is 17.0. The molecule has 1 aromatic heterocycles. The van der Waals surface area contributed by atoms with Crippen LogP contribution in [-0.4, -0.2) is 35.5 Å². The number of rotatable bonds is 7. The summed E-state index contributed by atoms with van der Waals surface area (Å²) in [4.78, 5) is 28.1. The van der Waals surface area contributed by atoms with Gasteiger partial charge in [0.05, 0.1) is 16.0 Å². The Morgan fingerprint density at radius 2 is 1.54 bits per heavy atom. The molecule has 0 unspecified atom stereocenters. The van der Waals surface area contributed by atoms with Gasteiger partial charge in [-0.3, -0.25) is 9.78 Å². The number of aromatic carboxylic acids is 1. The van der Waals surface area contributed by atoms with Crippen molar-refractivity contribution in [1.29, 1.82) is 0 Å². The highest BCUT2D eigenvalue weighted by Gasteiger charge is 2.13. The molecule has 3 aromatic carbocycles. The number of carbonyl (C=O) groups excluding carboxylic acids is 1. The maximum Gasteiger partial charge on any atom is 0.335 e. The molecule has 9 nitrogen and oxygen atoms in total. The van der Waals surface area contributed by atoms with Gasteiger partial charge >= 0.3 is 5.97 Å². The molecule has 0 saturated heterocycles. The molecule has 4 rings (SSSR count). The SMILES string of the molecule is NS(=O)(=O)c1ccc(CNC(=O)c2ccc3ncc(Cc4ccc(C(=O)O)cc4)c(O)c3c2)cc1. The highest BCUT2D eigenvalue weighted by molar-refractivity contribution is 7.89. The van der Waals surface area contributed by atoms with Crippen molar-refractivity contribution in [2.24, 2.45) is 5.14 Å². The van der Waals surface area contributed by atoms with Gasteiger partial charge in [0.25, 0.3) is 5.91 Å². The second kappa shape index (κ2) is 9.53. The molecule has 0 atom stereocenters. The average molecular weight is 492 g/mol. The van der Waals surface area contributed by atoms with E-state index in [2.05, 4.69) is 10.3 Å². The lowest BCUT2D eigenvalue weighted by atomic mass is 10.0. The molecule has 5 N–H and O–H groups in total. The molecule has 1 amide bonds. The van der Waals surface area contributed by atoms with E-state index in [9.17, 15) is 23.1 Å². The van der Waals surface area contributed by atoms with Gasteiger partial charge in [0.2, 0.25) is 10.0 Å². The van der Waals surface area contributed by atoms with E-state index in [-0.39, 0.29) is 28.7 Å². The summed E-state index contributed by atoms with van der Waals surface area (Å²) in [5, 5.41) is 28.1. The predicted molar refractivity (Wildman–Crippen MR) is 129 cm³/mol. The first-order valence-electron chi connectivity index (χ1n) is 10.4. The van der Waals surface area contributed by atoms with E-state index in [0.29, 0.717) is 34.0 Å². The number of primary sulfonamides is 1. The first-order valence-corrected chi connectivity index (χ1v) is 12.0. The van der Waals surface area contributed by atoms with Crippen LogP contribution in [0.25, 0.3) is 10.9 Å². The third kappa shape index (κ3) is 5.45. The number of amides is 1. The van der Waals surface area contributed by atoms with Crippen molar-refractivity contribution in [2.75, 3.05) is 0 Å². The van der Waals surface area contributed by atoms with Crippen molar-refractivity contribution in [3.8, 4) is 5.75 Å². The summed E-state index contributed by atoms with van der Waals surface area (Å²) < 4.78 is 22.7. The number of fused-ring (bicyclic) bond motifs is 1. The molecule has 0 bridgehead atoms. The molecule has 0 saturated carbocycles. The Balaban J connectivity index is 1.51. The van der Waals surface area contributed by atoms with Gasteiger partial charge in [-0.1, -0.05) is 24.3 Å². The van der Waals surface area contributed by atoms with Crippen LogP contribution in [-0.2, 0) is 23.0 Å². The van der Waals surface area contributed by atoms with Crippen molar-refractivity contribution in [3.63, 3.8) is 0 Å². The number of pyridine rings is 1. The standard InChI is InChI=1S/C25H21N3O6S/c26-35(33,34)20-8-3-16(4-9-20)13-28-24(30)18-7-10-22-21(12-18)23(29)19(14-27-22)11-15-1-5-17(6-2-15)25(31)32/h1-10,12,14H,11,13H2,(H,27,29)(H,28,30)(H,31,32)(H2,26,33,34). The van der Waals surface area contributed by atoms with Crippen LogP contribution >= 0.6 is 0 Å². The van der Waals surface area contributed by atoms with E-state index in [1.54, 1.807) is 48.7 Å². The average Bonchev–Trinajstić information content (AvgIpc) is 2.84. The molecule has 0 aliphatic carbocycles. The minimum absolute atomic E-state index is 0.00876. The molecule has 1 heterocycles. The van der Waals surface area contributed by atoms with Crippen LogP contribution in [0.15, 0.2) is 77.8 Å². The van der Waals surface area contributed by atoms with Crippen molar-refractivity contribution < 1.29 is 28.2 Å². The van der Waals surface area contributed by atoms with Gasteiger partial charge in [-0.05, 0) is 53.6 Å². The van der Waals surface area contributed by atoms with Gasteiger partial charge in [-0.15, -0.1) is 0 Å². The monoisotopic (exact) mass is 491 g/mol. The third-order valence-corrected chi connectivity index (χ3v) is 6.41. The first-order chi connectivity index (χ1) is 16.6. The number of nitrogens with zero attached hydrogens (tertiary/aromatic N) is 1. The Labute approximate surface area is 200 Å². The number of hydrogen-bond donors (Lipinski definition) is 4. The number of nitrogens with one attached hydrogen (secondary N) is 1. The molecule has 0 spiro atoms.